The maximum Gasteiger partial charge on any atom is 0.319 e. The Kier molecular flexibility index (Phi) is 5.03. The molecule has 1 aromatic rings. The molecule has 2 rings (SSSR count). The van der Waals surface area contributed by atoms with Crippen LogP contribution >= 0.6 is 11.6 Å². The van der Waals surface area contributed by atoms with Crippen LogP contribution in [0.4, 0.5) is 5.69 Å². The second-order valence-electron chi connectivity index (χ2n) is 4.88. The maximum atomic E-state index is 12.4. The molecule has 0 aliphatic carbocycles. The van der Waals surface area contributed by atoms with E-state index in [1.54, 1.807) is 23.1 Å². The summed E-state index contributed by atoms with van der Waals surface area (Å²) in [5.41, 5.74) is 6.62. The van der Waals surface area contributed by atoms with Gasteiger partial charge in [-0.05, 0) is 18.2 Å². The summed E-state index contributed by atoms with van der Waals surface area (Å²) in [6.45, 7) is 2.68. The van der Waals surface area contributed by atoms with Crippen LogP contribution in [0.25, 0.3) is 0 Å². The number of carbonyl (C=O) groups is 2. The van der Waals surface area contributed by atoms with Crippen molar-refractivity contribution in [1.29, 1.82) is 0 Å². The first-order valence-corrected chi connectivity index (χ1v) is 7.02. The number of esters is 1. The Morgan fingerprint density at radius 1 is 1.29 bits per heavy atom. The largest absolute Gasteiger partial charge is 0.468 e. The molecule has 1 aliphatic rings. The molecule has 0 atom stereocenters. The molecule has 1 aliphatic heterocycles. The third-order valence-corrected chi connectivity index (χ3v) is 3.81. The van der Waals surface area contributed by atoms with Crippen LogP contribution in [0, 0.1) is 0 Å². The quantitative estimate of drug-likeness (QED) is 0.661. The van der Waals surface area contributed by atoms with Crippen molar-refractivity contribution in [2.75, 3.05) is 45.6 Å². The number of carbonyl (C=O) groups excluding carboxylic acids is 2. The van der Waals surface area contributed by atoms with E-state index < -0.39 is 0 Å². The molecule has 1 amide bonds. The first-order valence-electron chi connectivity index (χ1n) is 6.64. The van der Waals surface area contributed by atoms with Crippen LogP contribution in [-0.2, 0) is 9.53 Å². The highest BCUT2D eigenvalue weighted by Gasteiger charge is 2.23. The van der Waals surface area contributed by atoms with Crippen molar-refractivity contribution in [3.63, 3.8) is 0 Å². The molecule has 7 heteroatoms. The predicted octanol–water partition coefficient (Wildman–Crippen LogP) is 0.853. The zero-order valence-electron chi connectivity index (χ0n) is 11.8. The van der Waals surface area contributed by atoms with Gasteiger partial charge in [-0.25, -0.2) is 0 Å². The van der Waals surface area contributed by atoms with Gasteiger partial charge in [0.2, 0.25) is 0 Å². The van der Waals surface area contributed by atoms with E-state index in [9.17, 15) is 9.59 Å². The highest BCUT2D eigenvalue weighted by Crippen LogP contribution is 2.21. The monoisotopic (exact) mass is 311 g/mol. The number of piperazine rings is 1. The van der Waals surface area contributed by atoms with Crippen LogP contribution in [0.2, 0.25) is 5.02 Å². The van der Waals surface area contributed by atoms with E-state index in [1.165, 1.54) is 7.11 Å². The molecule has 114 valence electrons. The van der Waals surface area contributed by atoms with Crippen molar-refractivity contribution in [2.45, 2.75) is 0 Å². The Morgan fingerprint density at radius 2 is 1.95 bits per heavy atom. The molecule has 0 unspecified atom stereocenters. The van der Waals surface area contributed by atoms with Crippen LogP contribution in [0.5, 0.6) is 0 Å². The van der Waals surface area contributed by atoms with Crippen LogP contribution < -0.4 is 5.73 Å². The number of nitrogens with two attached hydrogens (primary N) is 1. The Morgan fingerprint density at radius 3 is 2.52 bits per heavy atom. The Bertz CT molecular complexity index is 542. The van der Waals surface area contributed by atoms with Gasteiger partial charge >= 0.3 is 5.97 Å². The maximum absolute atomic E-state index is 12.4. The molecular formula is C14H18ClN3O3. The summed E-state index contributed by atoms with van der Waals surface area (Å²) in [6.07, 6.45) is 0. The van der Waals surface area contributed by atoms with Gasteiger partial charge in [0.15, 0.2) is 0 Å². The fourth-order valence-electron chi connectivity index (χ4n) is 2.20. The molecule has 1 fully saturated rings. The molecule has 1 heterocycles. The molecule has 0 radical (unpaired) electrons. The summed E-state index contributed by atoms with van der Waals surface area (Å²) in [6, 6.07) is 4.88. The smallest absolute Gasteiger partial charge is 0.319 e. The van der Waals surface area contributed by atoms with Crippen molar-refractivity contribution in [2.24, 2.45) is 0 Å². The van der Waals surface area contributed by atoms with E-state index in [1.807, 2.05) is 4.90 Å². The lowest BCUT2D eigenvalue weighted by Crippen LogP contribution is -2.50. The minimum absolute atomic E-state index is 0.0744. The number of hydrogen-bond donors (Lipinski definition) is 1. The fraction of sp³-hybridized carbons (Fsp3) is 0.429. The van der Waals surface area contributed by atoms with Crippen LogP contribution in [0.1, 0.15) is 10.4 Å². The first kappa shape index (κ1) is 15.6. The van der Waals surface area contributed by atoms with Gasteiger partial charge in [-0.15, -0.1) is 0 Å². The van der Waals surface area contributed by atoms with Crippen LogP contribution in [0.3, 0.4) is 0 Å². The summed E-state index contributed by atoms with van der Waals surface area (Å²) >= 11 is 5.94. The van der Waals surface area contributed by atoms with Gasteiger partial charge in [-0.2, -0.15) is 0 Å². The highest BCUT2D eigenvalue weighted by molar-refractivity contribution is 6.33. The van der Waals surface area contributed by atoms with Crippen LogP contribution in [-0.4, -0.2) is 61.5 Å². The van der Waals surface area contributed by atoms with Crippen molar-refractivity contribution in [3.8, 4) is 0 Å². The molecule has 0 aromatic heterocycles. The number of hydrogen-bond acceptors (Lipinski definition) is 5. The molecule has 2 N–H and O–H groups in total. The minimum Gasteiger partial charge on any atom is -0.468 e. The summed E-state index contributed by atoms with van der Waals surface area (Å²) in [7, 11) is 1.37. The van der Waals surface area contributed by atoms with Crippen molar-refractivity contribution in [1.82, 2.24) is 9.80 Å². The van der Waals surface area contributed by atoms with E-state index >= 15 is 0 Å². The Labute approximate surface area is 128 Å². The zero-order valence-corrected chi connectivity index (χ0v) is 12.6. The number of ether oxygens (including phenoxy) is 1. The summed E-state index contributed by atoms with van der Waals surface area (Å²) in [5.74, 6) is -0.338. The van der Waals surface area contributed by atoms with Crippen molar-refractivity contribution < 1.29 is 14.3 Å². The molecular weight excluding hydrogens is 294 g/mol. The summed E-state index contributed by atoms with van der Waals surface area (Å²) < 4.78 is 4.63. The van der Waals surface area contributed by atoms with Gasteiger partial charge in [0, 0.05) is 31.7 Å². The number of rotatable bonds is 3. The number of amides is 1. The zero-order chi connectivity index (χ0) is 15.4. The number of anilines is 1. The van der Waals surface area contributed by atoms with Gasteiger partial charge in [0.25, 0.3) is 5.91 Å². The van der Waals surface area contributed by atoms with Gasteiger partial charge < -0.3 is 15.4 Å². The van der Waals surface area contributed by atoms with E-state index in [2.05, 4.69) is 4.74 Å². The van der Waals surface area contributed by atoms with Crippen molar-refractivity contribution >= 4 is 29.2 Å². The van der Waals surface area contributed by atoms with E-state index in [0.717, 1.165) is 0 Å². The number of benzene rings is 1. The third-order valence-electron chi connectivity index (χ3n) is 3.49. The molecule has 0 bridgehead atoms. The highest BCUT2D eigenvalue weighted by atomic mass is 35.5. The average Bonchev–Trinajstić information content (AvgIpc) is 2.50. The molecule has 21 heavy (non-hydrogen) atoms. The van der Waals surface area contributed by atoms with Gasteiger partial charge in [0.1, 0.15) is 0 Å². The van der Waals surface area contributed by atoms with Gasteiger partial charge in [-0.3, -0.25) is 14.5 Å². The second-order valence-corrected chi connectivity index (χ2v) is 5.29. The van der Waals surface area contributed by atoms with E-state index in [4.69, 9.17) is 17.3 Å². The molecule has 1 aromatic carbocycles. The molecule has 0 spiro atoms. The van der Waals surface area contributed by atoms with E-state index in [0.29, 0.717) is 42.5 Å². The SMILES string of the molecule is COC(=O)CN1CCN(C(=O)c2ccc(N)c(Cl)c2)CC1. The number of halogens is 1. The normalized spacial score (nSPS) is 15.8. The average molecular weight is 312 g/mol. The Balaban J connectivity index is 1.93. The fourth-order valence-corrected chi connectivity index (χ4v) is 2.38. The lowest BCUT2D eigenvalue weighted by molar-refractivity contribution is -0.142. The number of methoxy groups -OCH3 is 1. The standard InChI is InChI=1S/C14H18ClN3O3/c1-21-13(19)9-17-4-6-18(7-5-17)14(20)10-2-3-12(16)11(15)8-10/h2-3,8H,4-7,9,16H2,1H3. The van der Waals surface area contributed by atoms with E-state index in [-0.39, 0.29) is 18.4 Å². The summed E-state index contributed by atoms with van der Waals surface area (Å²) in [5, 5.41) is 0.380. The topological polar surface area (TPSA) is 75.9 Å². The van der Waals surface area contributed by atoms with Crippen LogP contribution in [0.15, 0.2) is 18.2 Å². The predicted molar refractivity (Wildman–Crippen MR) is 80.2 cm³/mol. The van der Waals surface area contributed by atoms with Crippen molar-refractivity contribution in [3.05, 3.63) is 28.8 Å². The lowest BCUT2D eigenvalue weighted by atomic mass is 10.1. The second kappa shape index (κ2) is 6.78. The first-order chi connectivity index (χ1) is 10.0. The third kappa shape index (κ3) is 3.86. The summed E-state index contributed by atoms with van der Waals surface area (Å²) in [4.78, 5) is 27.3. The number of nitrogens with zero attached hydrogens (tertiary/aromatic N) is 2. The van der Waals surface area contributed by atoms with Gasteiger partial charge in [-0.1, -0.05) is 11.6 Å². The lowest BCUT2D eigenvalue weighted by Gasteiger charge is -2.34. The van der Waals surface area contributed by atoms with Gasteiger partial charge in [0.05, 0.1) is 24.4 Å². The Hall–Kier alpha value is -1.79. The molecule has 0 saturated carbocycles. The molecule has 6 nitrogen and oxygen atoms in total. The minimum atomic E-state index is -0.264. The molecule has 1 saturated heterocycles. The number of nitrogen functional groups attached to an aromatic ring is 1.